The number of nitrogens with one attached hydrogen (secondary N) is 2. The van der Waals surface area contributed by atoms with Crippen molar-refractivity contribution in [3.05, 3.63) is 59.7 Å². The van der Waals surface area contributed by atoms with Crippen molar-refractivity contribution in [3.8, 4) is 0 Å². The van der Waals surface area contributed by atoms with E-state index in [1.165, 1.54) is 6.07 Å². The maximum absolute atomic E-state index is 12.6. The minimum absolute atomic E-state index is 0.103. The molecule has 2 rings (SSSR count). The van der Waals surface area contributed by atoms with E-state index in [9.17, 15) is 22.8 Å². The van der Waals surface area contributed by atoms with Crippen molar-refractivity contribution in [2.75, 3.05) is 10.6 Å². The Bertz CT molecular complexity index is 757. The van der Waals surface area contributed by atoms with Gasteiger partial charge < -0.3 is 10.6 Å². The molecule has 24 heavy (non-hydrogen) atoms. The van der Waals surface area contributed by atoms with E-state index in [0.717, 1.165) is 23.8 Å². The van der Waals surface area contributed by atoms with Crippen molar-refractivity contribution in [3.63, 3.8) is 0 Å². The number of alkyl halides is 3. The zero-order valence-corrected chi connectivity index (χ0v) is 12.8. The molecule has 7 heteroatoms. The molecule has 0 heterocycles. The molecule has 0 spiro atoms. The number of aryl methyl sites for hydroxylation is 1. The van der Waals surface area contributed by atoms with Gasteiger partial charge in [0.25, 0.3) is 0 Å². The molecule has 0 saturated heterocycles. The lowest BCUT2D eigenvalue weighted by Crippen LogP contribution is -2.29. The fraction of sp³-hybridized carbons (Fsp3) is 0.176. The van der Waals surface area contributed by atoms with Gasteiger partial charge in [-0.05, 0) is 36.2 Å². The van der Waals surface area contributed by atoms with E-state index in [1.807, 2.05) is 6.92 Å². The van der Waals surface area contributed by atoms with Crippen LogP contribution in [0.25, 0.3) is 0 Å². The summed E-state index contributed by atoms with van der Waals surface area (Å²) in [6.07, 6.45) is -3.87. The van der Waals surface area contributed by atoms with Crippen molar-refractivity contribution in [2.45, 2.75) is 19.5 Å². The van der Waals surface area contributed by atoms with Crippen molar-refractivity contribution in [1.29, 1.82) is 0 Å². The van der Waals surface area contributed by atoms with Gasteiger partial charge in [-0.2, -0.15) is 13.2 Å². The minimum Gasteiger partial charge on any atom is -0.318 e. The van der Waals surface area contributed by atoms with Crippen molar-refractivity contribution < 1.29 is 22.8 Å². The molecule has 0 aliphatic heterocycles. The molecule has 0 aliphatic rings. The number of amides is 2. The lowest BCUT2D eigenvalue weighted by Gasteiger charge is -2.11. The summed E-state index contributed by atoms with van der Waals surface area (Å²) in [5.74, 6) is -1.99. The third kappa shape index (κ3) is 4.34. The monoisotopic (exact) mass is 336 g/mol. The fourth-order valence-corrected chi connectivity index (χ4v) is 2.09. The SMILES string of the molecule is CCc1ccccc1NC(=O)C(=O)Nc1cccc(C(F)(F)F)c1. The van der Waals surface area contributed by atoms with Gasteiger partial charge in [-0.25, -0.2) is 0 Å². The molecular weight excluding hydrogens is 321 g/mol. The zero-order chi connectivity index (χ0) is 17.7. The highest BCUT2D eigenvalue weighted by Gasteiger charge is 2.30. The highest BCUT2D eigenvalue weighted by atomic mass is 19.4. The molecule has 4 nitrogen and oxygen atoms in total. The lowest BCUT2D eigenvalue weighted by molar-refractivity contribution is -0.137. The first-order valence-corrected chi connectivity index (χ1v) is 7.18. The Hall–Kier alpha value is -2.83. The van der Waals surface area contributed by atoms with E-state index in [0.29, 0.717) is 12.1 Å². The lowest BCUT2D eigenvalue weighted by atomic mass is 10.1. The molecule has 0 atom stereocenters. The number of halogens is 3. The Morgan fingerprint density at radius 2 is 1.62 bits per heavy atom. The van der Waals surface area contributed by atoms with Gasteiger partial charge in [0.2, 0.25) is 0 Å². The Labute approximate surface area is 136 Å². The standard InChI is InChI=1S/C17H15F3N2O2/c1-2-11-6-3-4-9-14(11)22-16(24)15(23)21-13-8-5-7-12(10-13)17(18,19)20/h3-10H,2H2,1H3,(H,21,23)(H,22,24). The summed E-state index contributed by atoms with van der Waals surface area (Å²) in [4.78, 5) is 23.8. The van der Waals surface area contributed by atoms with Crippen LogP contribution in [-0.2, 0) is 22.2 Å². The number of hydrogen-bond donors (Lipinski definition) is 2. The van der Waals surface area contributed by atoms with Gasteiger partial charge in [0.05, 0.1) is 5.56 Å². The number of anilines is 2. The predicted octanol–water partition coefficient (Wildman–Crippen LogP) is 3.85. The van der Waals surface area contributed by atoms with Crippen molar-refractivity contribution in [2.24, 2.45) is 0 Å². The van der Waals surface area contributed by atoms with E-state index in [2.05, 4.69) is 10.6 Å². The average molecular weight is 336 g/mol. The predicted molar refractivity (Wildman–Crippen MR) is 84.5 cm³/mol. The summed E-state index contributed by atoms with van der Waals surface area (Å²) in [6, 6.07) is 11.0. The van der Waals surface area contributed by atoms with Crippen LogP contribution in [0.1, 0.15) is 18.1 Å². The van der Waals surface area contributed by atoms with Gasteiger partial charge in [0, 0.05) is 11.4 Å². The number of carbonyl (C=O) groups excluding carboxylic acids is 2. The van der Waals surface area contributed by atoms with Crippen LogP contribution in [-0.4, -0.2) is 11.8 Å². The maximum atomic E-state index is 12.6. The van der Waals surface area contributed by atoms with Gasteiger partial charge in [-0.3, -0.25) is 9.59 Å². The summed E-state index contributed by atoms with van der Waals surface area (Å²) in [7, 11) is 0. The molecular formula is C17H15F3N2O2. The third-order valence-electron chi connectivity index (χ3n) is 3.30. The minimum atomic E-state index is -4.52. The number of hydrogen-bond acceptors (Lipinski definition) is 2. The maximum Gasteiger partial charge on any atom is 0.416 e. The van der Waals surface area contributed by atoms with Crippen LogP contribution in [0.3, 0.4) is 0 Å². The molecule has 0 aliphatic carbocycles. The van der Waals surface area contributed by atoms with Crippen molar-refractivity contribution in [1.82, 2.24) is 0 Å². The molecule has 2 aromatic carbocycles. The van der Waals surface area contributed by atoms with Gasteiger partial charge in [-0.1, -0.05) is 31.2 Å². The van der Waals surface area contributed by atoms with Gasteiger partial charge in [-0.15, -0.1) is 0 Å². The molecule has 0 saturated carbocycles. The molecule has 2 aromatic rings. The normalized spacial score (nSPS) is 11.0. The van der Waals surface area contributed by atoms with E-state index in [-0.39, 0.29) is 5.69 Å². The Kier molecular flexibility index (Phi) is 5.23. The van der Waals surface area contributed by atoms with Gasteiger partial charge in [0.15, 0.2) is 0 Å². The van der Waals surface area contributed by atoms with Crippen LogP contribution >= 0.6 is 0 Å². The summed E-state index contributed by atoms with van der Waals surface area (Å²) in [6.45, 7) is 1.90. The third-order valence-corrected chi connectivity index (χ3v) is 3.30. The summed E-state index contributed by atoms with van der Waals surface area (Å²) in [5, 5.41) is 4.61. The highest BCUT2D eigenvalue weighted by molar-refractivity contribution is 6.43. The average Bonchev–Trinajstić information content (AvgIpc) is 2.54. The summed E-state index contributed by atoms with van der Waals surface area (Å²) < 4.78 is 37.9. The second-order valence-corrected chi connectivity index (χ2v) is 5.00. The quantitative estimate of drug-likeness (QED) is 0.837. The molecule has 126 valence electrons. The van der Waals surface area contributed by atoms with Crippen LogP contribution in [0.2, 0.25) is 0 Å². The molecule has 0 aromatic heterocycles. The molecule has 0 fully saturated rings. The number of para-hydroxylation sites is 1. The van der Waals surface area contributed by atoms with Crippen LogP contribution in [0, 0.1) is 0 Å². The zero-order valence-electron chi connectivity index (χ0n) is 12.8. The second kappa shape index (κ2) is 7.16. The van der Waals surface area contributed by atoms with Crippen LogP contribution in [0.15, 0.2) is 48.5 Å². The Morgan fingerprint density at radius 3 is 2.29 bits per heavy atom. The first-order chi connectivity index (χ1) is 11.3. The summed E-state index contributed by atoms with van der Waals surface area (Å²) in [5.41, 5.74) is 0.327. The molecule has 2 amide bonds. The van der Waals surface area contributed by atoms with E-state index in [1.54, 1.807) is 24.3 Å². The molecule has 0 unspecified atom stereocenters. The van der Waals surface area contributed by atoms with Gasteiger partial charge in [0.1, 0.15) is 0 Å². The largest absolute Gasteiger partial charge is 0.416 e. The second-order valence-electron chi connectivity index (χ2n) is 5.00. The molecule has 0 bridgehead atoms. The van der Waals surface area contributed by atoms with E-state index < -0.39 is 23.6 Å². The number of carbonyl (C=O) groups is 2. The molecule has 0 radical (unpaired) electrons. The van der Waals surface area contributed by atoms with Crippen molar-refractivity contribution >= 4 is 23.2 Å². The number of rotatable bonds is 3. The topological polar surface area (TPSA) is 58.2 Å². The van der Waals surface area contributed by atoms with E-state index >= 15 is 0 Å². The Balaban J connectivity index is 2.08. The van der Waals surface area contributed by atoms with E-state index in [4.69, 9.17) is 0 Å². The Morgan fingerprint density at radius 1 is 0.958 bits per heavy atom. The van der Waals surface area contributed by atoms with Crippen LogP contribution < -0.4 is 10.6 Å². The number of benzene rings is 2. The molecule has 2 N–H and O–H groups in total. The van der Waals surface area contributed by atoms with Gasteiger partial charge >= 0.3 is 18.0 Å². The smallest absolute Gasteiger partial charge is 0.318 e. The first kappa shape index (κ1) is 17.5. The first-order valence-electron chi connectivity index (χ1n) is 7.18. The summed E-state index contributed by atoms with van der Waals surface area (Å²) >= 11 is 0. The fourth-order valence-electron chi connectivity index (χ4n) is 2.09. The highest BCUT2D eigenvalue weighted by Crippen LogP contribution is 2.30. The van der Waals surface area contributed by atoms with Crippen LogP contribution in [0.5, 0.6) is 0 Å². The van der Waals surface area contributed by atoms with Crippen LogP contribution in [0.4, 0.5) is 24.5 Å².